The maximum absolute atomic E-state index is 11.3. The van der Waals surface area contributed by atoms with Crippen molar-refractivity contribution in [3.05, 3.63) is 11.1 Å². The van der Waals surface area contributed by atoms with Crippen molar-refractivity contribution in [3.63, 3.8) is 0 Å². The number of hydrogen-bond acceptors (Lipinski definition) is 2. The third-order valence-electron chi connectivity index (χ3n) is 2.27. The van der Waals surface area contributed by atoms with Crippen molar-refractivity contribution >= 4 is 5.91 Å². The number of aliphatic hydroxyl groups excluding tert-OH is 1. The molecule has 3 heteroatoms. The minimum Gasteiger partial charge on any atom is -0.396 e. The molecule has 0 radical (unpaired) electrons. The first-order valence-corrected chi connectivity index (χ1v) is 4.34. The Morgan fingerprint density at radius 3 is 2.75 bits per heavy atom. The van der Waals surface area contributed by atoms with Gasteiger partial charge in [-0.1, -0.05) is 6.92 Å². The standard InChI is InChI=1S/C9H15NO2/c1-3-7-6(2)10-9(12)8(7)4-5-11/h6,11H,3-5H2,1-2H3,(H,10,12). The van der Waals surface area contributed by atoms with Gasteiger partial charge in [0.25, 0.3) is 0 Å². The van der Waals surface area contributed by atoms with E-state index in [1.807, 2.05) is 13.8 Å². The lowest BCUT2D eigenvalue weighted by molar-refractivity contribution is -0.117. The van der Waals surface area contributed by atoms with Crippen molar-refractivity contribution in [2.75, 3.05) is 6.61 Å². The molecule has 2 N–H and O–H groups in total. The normalized spacial score (nSPS) is 23.2. The number of amides is 1. The van der Waals surface area contributed by atoms with Gasteiger partial charge < -0.3 is 10.4 Å². The number of carbonyl (C=O) groups is 1. The van der Waals surface area contributed by atoms with Gasteiger partial charge in [-0.15, -0.1) is 0 Å². The zero-order chi connectivity index (χ0) is 9.14. The predicted molar refractivity (Wildman–Crippen MR) is 46.6 cm³/mol. The fourth-order valence-corrected chi connectivity index (χ4v) is 1.68. The van der Waals surface area contributed by atoms with E-state index in [-0.39, 0.29) is 18.6 Å². The average molecular weight is 169 g/mol. The Morgan fingerprint density at radius 1 is 1.58 bits per heavy atom. The molecule has 0 spiro atoms. The lowest BCUT2D eigenvalue weighted by Gasteiger charge is -2.05. The highest BCUT2D eigenvalue weighted by molar-refractivity contribution is 5.97. The lowest BCUT2D eigenvalue weighted by Crippen LogP contribution is -2.25. The maximum Gasteiger partial charge on any atom is 0.247 e. The summed E-state index contributed by atoms with van der Waals surface area (Å²) in [6, 6.07) is 0.157. The fraction of sp³-hybridized carbons (Fsp3) is 0.667. The molecule has 3 nitrogen and oxygen atoms in total. The molecule has 1 unspecified atom stereocenters. The molecule has 1 heterocycles. The topological polar surface area (TPSA) is 49.3 Å². The first-order chi connectivity index (χ1) is 5.70. The van der Waals surface area contributed by atoms with E-state index in [2.05, 4.69) is 5.32 Å². The second-order valence-electron chi connectivity index (χ2n) is 3.03. The van der Waals surface area contributed by atoms with Gasteiger partial charge in [-0.3, -0.25) is 4.79 Å². The molecule has 0 aromatic rings. The van der Waals surface area contributed by atoms with Crippen LogP contribution in [0.1, 0.15) is 26.7 Å². The van der Waals surface area contributed by atoms with Crippen molar-refractivity contribution in [2.45, 2.75) is 32.7 Å². The van der Waals surface area contributed by atoms with E-state index >= 15 is 0 Å². The summed E-state index contributed by atoms with van der Waals surface area (Å²) in [6.07, 6.45) is 1.37. The molecule has 0 aromatic heterocycles. The van der Waals surface area contributed by atoms with Gasteiger partial charge >= 0.3 is 0 Å². The summed E-state index contributed by atoms with van der Waals surface area (Å²) in [5.74, 6) is -0.00611. The minimum atomic E-state index is -0.00611. The maximum atomic E-state index is 11.3. The van der Waals surface area contributed by atoms with Crippen LogP contribution in [0.3, 0.4) is 0 Å². The molecular weight excluding hydrogens is 154 g/mol. The molecule has 1 aliphatic rings. The molecule has 0 saturated heterocycles. The van der Waals surface area contributed by atoms with Crippen LogP contribution in [0.4, 0.5) is 0 Å². The van der Waals surface area contributed by atoms with Crippen molar-refractivity contribution in [1.29, 1.82) is 0 Å². The van der Waals surface area contributed by atoms with Crippen molar-refractivity contribution in [2.24, 2.45) is 0 Å². The van der Waals surface area contributed by atoms with Crippen LogP contribution in [0, 0.1) is 0 Å². The Morgan fingerprint density at radius 2 is 2.25 bits per heavy atom. The fourth-order valence-electron chi connectivity index (χ4n) is 1.68. The number of rotatable bonds is 3. The molecule has 0 bridgehead atoms. The summed E-state index contributed by atoms with van der Waals surface area (Å²) < 4.78 is 0. The van der Waals surface area contributed by atoms with E-state index in [4.69, 9.17) is 5.11 Å². The van der Waals surface area contributed by atoms with E-state index in [0.717, 1.165) is 17.6 Å². The number of aliphatic hydroxyl groups is 1. The van der Waals surface area contributed by atoms with Crippen molar-refractivity contribution < 1.29 is 9.90 Å². The van der Waals surface area contributed by atoms with Crippen LogP contribution < -0.4 is 5.32 Å². The monoisotopic (exact) mass is 169 g/mol. The smallest absolute Gasteiger partial charge is 0.247 e. The largest absolute Gasteiger partial charge is 0.396 e. The van der Waals surface area contributed by atoms with Crippen LogP contribution >= 0.6 is 0 Å². The van der Waals surface area contributed by atoms with Gasteiger partial charge in [-0.05, 0) is 18.9 Å². The van der Waals surface area contributed by atoms with Gasteiger partial charge in [0.05, 0.1) is 0 Å². The van der Waals surface area contributed by atoms with E-state index in [0.29, 0.717) is 6.42 Å². The summed E-state index contributed by atoms with van der Waals surface area (Å²) in [5.41, 5.74) is 1.93. The predicted octanol–water partition coefficient (Wildman–Crippen LogP) is 0.594. The van der Waals surface area contributed by atoms with Crippen LogP contribution in [0.2, 0.25) is 0 Å². The average Bonchev–Trinajstić information content (AvgIpc) is 2.28. The number of hydrogen-bond donors (Lipinski definition) is 2. The third-order valence-corrected chi connectivity index (χ3v) is 2.27. The third kappa shape index (κ3) is 1.50. The molecule has 0 fully saturated rings. The van der Waals surface area contributed by atoms with Gasteiger partial charge in [0.15, 0.2) is 0 Å². The van der Waals surface area contributed by atoms with Gasteiger partial charge in [-0.25, -0.2) is 0 Å². The lowest BCUT2D eigenvalue weighted by atomic mass is 10.0. The SMILES string of the molecule is CCC1=C(CCO)C(=O)NC1C. The van der Waals surface area contributed by atoms with Gasteiger partial charge in [0.1, 0.15) is 0 Å². The van der Waals surface area contributed by atoms with Crippen LogP contribution in [-0.2, 0) is 4.79 Å². The zero-order valence-electron chi connectivity index (χ0n) is 7.55. The highest BCUT2D eigenvalue weighted by atomic mass is 16.3. The number of nitrogens with one attached hydrogen (secondary N) is 1. The molecule has 1 rings (SSSR count). The molecule has 12 heavy (non-hydrogen) atoms. The van der Waals surface area contributed by atoms with E-state index in [1.165, 1.54) is 0 Å². The summed E-state index contributed by atoms with van der Waals surface area (Å²) in [7, 11) is 0. The van der Waals surface area contributed by atoms with Crippen LogP contribution in [0.15, 0.2) is 11.1 Å². The molecule has 0 saturated carbocycles. The molecule has 1 atom stereocenters. The molecule has 0 aromatic carbocycles. The highest BCUT2D eigenvalue weighted by Crippen LogP contribution is 2.22. The van der Waals surface area contributed by atoms with Crippen molar-refractivity contribution in [3.8, 4) is 0 Å². The second kappa shape index (κ2) is 3.72. The Kier molecular flexibility index (Phi) is 2.87. The summed E-state index contributed by atoms with van der Waals surface area (Å²) in [5, 5.41) is 11.6. The van der Waals surface area contributed by atoms with Crippen LogP contribution in [0.5, 0.6) is 0 Å². The Bertz CT molecular complexity index is 221. The van der Waals surface area contributed by atoms with Gasteiger partial charge in [-0.2, -0.15) is 0 Å². The van der Waals surface area contributed by atoms with Crippen LogP contribution in [0.25, 0.3) is 0 Å². The van der Waals surface area contributed by atoms with E-state index in [9.17, 15) is 4.79 Å². The second-order valence-corrected chi connectivity index (χ2v) is 3.03. The number of carbonyl (C=O) groups excluding carboxylic acids is 1. The van der Waals surface area contributed by atoms with Crippen molar-refractivity contribution in [1.82, 2.24) is 5.32 Å². The summed E-state index contributed by atoms with van der Waals surface area (Å²) in [6.45, 7) is 4.06. The zero-order valence-corrected chi connectivity index (χ0v) is 7.55. The first kappa shape index (κ1) is 9.26. The summed E-state index contributed by atoms with van der Waals surface area (Å²) in [4.78, 5) is 11.3. The Labute approximate surface area is 72.5 Å². The quantitative estimate of drug-likeness (QED) is 0.649. The van der Waals surface area contributed by atoms with Gasteiger partial charge in [0.2, 0.25) is 5.91 Å². The van der Waals surface area contributed by atoms with Crippen LogP contribution in [-0.4, -0.2) is 23.7 Å². The van der Waals surface area contributed by atoms with E-state index < -0.39 is 0 Å². The minimum absolute atomic E-state index is 0.00611. The molecule has 0 aliphatic carbocycles. The van der Waals surface area contributed by atoms with Gasteiger partial charge in [0, 0.05) is 24.6 Å². The molecular formula is C9H15NO2. The summed E-state index contributed by atoms with van der Waals surface area (Å²) >= 11 is 0. The molecule has 1 aliphatic heterocycles. The van der Waals surface area contributed by atoms with E-state index in [1.54, 1.807) is 0 Å². The Hall–Kier alpha value is -0.830. The highest BCUT2D eigenvalue weighted by Gasteiger charge is 2.26. The first-order valence-electron chi connectivity index (χ1n) is 4.34. The molecule has 68 valence electrons. The Balaban J connectivity index is 2.85. The molecule has 1 amide bonds.